The Balaban J connectivity index is 2.22. The number of nitrogens with zero attached hydrogens (tertiary/aromatic N) is 2. The van der Waals surface area contributed by atoms with Crippen LogP contribution in [0.3, 0.4) is 0 Å². The van der Waals surface area contributed by atoms with Crippen LogP contribution >= 0.6 is 0 Å². The van der Waals surface area contributed by atoms with Crippen molar-refractivity contribution in [1.29, 1.82) is 0 Å². The first-order chi connectivity index (χ1) is 11.0. The SMILES string of the molecule is Cc1cc(C)c(O)c(-c2cc(-c3ccccc3C)nc(N)n2)c1. The normalized spacial score (nSPS) is 10.7. The molecule has 0 atom stereocenters. The van der Waals surface area contributed by atoms with Gasteiger partial charge in [0.1, 0.15) is 5.75 Å². The van der Waals surface area contributed by atoms with Crippen molar-refractivity contribution >= 4 is 5.95 Å². The quantitative estimate of drug-likeness (QED) is 0.750. The van der Waals surface area contributed by atoms with Crippen LogP contribution in [0, 0.1) is 20.8 Å². The molecule has 0 saturated carbocycles. The summed E-state index contributed by atoms with van der Waals surface area (Å²) in [6.45, 7) is 5.89. The number of aromatic hydroxyl groups is 1. The number of benzene rings is 2. The second-order valence-electron chi connectivity index (χ2n) is 5.79. The monoisotopic (exact) mass is 305 g/mol. The second kappa shape index (κ2) is 5.72. The predicted octanol–water partition coefficient (Wildman–Crippen LogP) is 4.02. The lowest BCUT2D eigenvalue weighted by atomic mass is 10.0. The van der Waals surface area contributed by atoms with Gasteiger partial charge in [-0.1, -0.05) is 30.3 Å². The number of hydrogen-bond acceptors (Lipinski definition) is 4. The van der Waals surface area contributed by atoms with Crippen LogP contribution in [0.1, 0.15) is 16.7 Å². The molecule has 116 valence electrons. The Labute approximate surface area is 135 Å². The van der Waals surface area contributed by atoms with Crippen LogP contribution < -0.4 is 5.73 Å². The van der Waals surface area contributed by atoms with Crippen molar-refractivity contribution in [3.8, 4) is 28.3 Å². The Morgan fingerprint density at radius 1 is 0.826 bits per heavy atom. The molecule has 3 aromatic rings. The Morgan fingerprint density at radius 3 is 2.17 bits per heavy atom. The van der Waals surface area contributed by atoms with Crippen LogP contribution in [0.25, 0.3) is 22.5 Å². The summed E-state index contributed by atoms with van der Waals surface area (Å²) < 4.78 is 0. The lowest BCUT2D eigenvalue weighted by Crippen LogP contribution is -2.00. The van der Waals surface area contributed by atoms with E-state index in [0.29, 0.717) is 11.3 Å². The average Bonchev–Trinajstić information content (AvgIpc) is 2.50. The van der Waals surface area contributed by atoms with Crippen LogP contribution in [0.5, 0.6) is 5.75 Å². The van der Waals surface area contributed by atoms with Crippen molar-refractivity contribution < 1.29 is 5.11 Å². The number of hydrogen-bond donors (Lipinski definition) is 2. The van der Waals surface area contributed by atoms with Crippen LogP contribution in [-0.4, -0.2) is 15.1 Å². The summed E-state index contributed by atoms with van der Waals surface area (Å²) in [4.78, 5) is 8.66. The molecule has 3 N–H and O–H groups in total. The molecule has 3 rings (SSSR count). The molecule has 0 spiro atoms. The first-order valence-corrected chi connectivity index (χ1v) is 7.47. The summed E-state index contributed by atoms with van der Waals surface area (Å²) in [5.41, 5.74) is 12.0. The number of aryl methyl sites for hydroxylation is 3. The van der Waals surface area contributed by atoms with Gasteiger partial charge >= 0.3 is 0 Å². The maximum Gasteiger partial charge on any atom is 0.221 e. The minimum atomic E-state index is 0.194. The minimum Gasteiger partial charge on any atom is -0.507 e. The van der Waals surface area contributed by atoms with E-state index >= 15 is 0 Å². The molecule has 2 aromatic carbocycles. The summed E-state index contributed by atoms with van der Waals surface area (Å²) >= 11 is 0. The van der Waals surface area contributed by atoms with Crippen molar-refractivity contribution in [3.63, 3.8) is 0 Å². The molecular weight excluding hydrogens is 286 g/mol. The third-order valence-electron chi connectivity index (χ3n) is 3.89. The van der Waals surface area contributed by atoms with Gasteiger partial charge in [-0.2, -0.15) is 0 Å². The summed E-state index contributed by atoms with van der Waals surface area (Å²) in [6.07, 6.45) is 0. The van der Waals surface area contributed by atoms with E-state index in [1.54, 1.807) is 0 Å². The van der Waals surface area contributed by atoms with Gasteiger partial charge in [0.15, 0.2) is 0 Å². The van der Waals surface area contributed by atoms with Gasteiger partial charge in [-0.25, -0.2) is 9.97 Å². The van der Waals surface area contributed by atoms with Gasteiger partial charge in [-0.3, -0.25) is 0 Å². The molecule has 23 heavy (non-hydrogen) atoms. The van der Waals surface area contributed by atoms with Crippen LogP contribution in [0.2, 0.25) is 0 Å². The number of rotatable bonds is 2. The van der Waals surface area contributed by atoms with E-state index in [1.165, 1.54) is 0 Å². The number of phenolic OH excluding ortho intramolecular Hbond substituents is 1. The molecule has 0 fully saturated rings. The summed E-state index contributed by atoms with van der Waals surface area (Å²) in [5, 5.41) is 10.4. The van der Waals surface area contributed by atoms with E-state index in [-0.39, 0.29) is 11.7 Å². The minimum absolute atomic E-state index is 0.194. The highest BCUT2D eigenvalue weighted by molar-refractivity contribution is 5.75. The lowest BCUT2D eigenvalue weighted by molar-refractivity contribution is 0.473. The van der Waals surface area contributed by atoms with Crippen molar-refractivity contribution in [2.45, 2.75) is 20.8 Å². The van der Waals surface area contributed by atoms with Gasteiger partial charge < -0.3 is 10.8 Å². The lowest BCUT2D eigenvalue weighted by Gasteiger charge is -2.11. The Morgan fingerprint density at radius 2 is 1.48 bits per heavy atom. The van der Waals surface area contributed by atoms with E-state index in [4.69, 9.17) is 5.73 Å². The van der Waals surface area contributed by atoms with Gasteiger partial charge in [-0.15, -0.1) is 0 Å². The van der Waals surface area contributed by atoms with Crippen molar-refractivity contribution in [2.24, 2.45) is 0 Å². The molecule has 0 radical (unpaired) electrons. The first-order valence-electron chi connectivity index (χ1n) is 7.47. The van der Waals surface area contributed by atoms with E-state index in [2.05, 4.69) is 9.97 Å². The zero-order valence-corrected chi connectivity index (χ0v) is 13.5. The standard InChI is InChI=1S/C19H19N3O/c1-11-8-13(3)18(23)15(9-11)17-10-16(21-19(20)22-17)14-7-5-4-6-12(14)2/h4-10,23H,1-3H3,(H2,20,21,22). The zero-order valence-electron chi connectivity index (χ0n) is 13.5. The predicted molar refractivity (Wildman–Crippen MR) is 93.2 cm³/mol. The summed E-state index contributed by atoms with van der Waals surface area (Å²) in [6, 6.07) is 13.7. The number of nitrogens with two attached hydrogens (primary N) is 1. The molecule has 0 saturated heterocycles. The fourth-order valence-corrected chi connectivity index (χ4v) is 2.76. The smallest absolute Gasteiger partial charge is 0.221 e. The summed E-state index contributed by atoms with van der Waals surface area (Å²) in [7, 11) is 0. The first kappa shape index (κ1) is 15.0. The molecule has 0 aliphatic heterocycles. The molecule has 0 aliphatic rings. The summed E-state index contributed by atoms with van der Waals surface area (Å²) in [5.74, 6) is 0.420. The zero-order chi connectivity index (χ0) is 16.6. The average molecular weight is 305 g/mol. The highest BCUT2D eigenvalue weighted by Crippen LogP contribution is 2.34. The molecule has 0 amide bonds. The fourth-order valence-electron chi connectivity index (χ4n) is 2.76. The number of aromatic nitrogens is 2. The molecule has 4 heteroatoms. The fraction of sp³-hybridized carbons (Fsp3) is 0.158. The van der Waals surface area contributed by atoms with Crippen molar-refractivity contribution in [1.82, 2.24) is 9.97 Å². The van der Waals surface area contributed by atoms with Crippen LogP contribution in [0.4, 0.5) is 5.95 Å². The van der Waals surface area contributed by atoms with Crippen molar-refractivity contribution in [2.75, 3.05) is 5.73 Å². The number of anilines is 1. The highest BCUT2D eigenvalue weighted by Gasteiger charge is 2.13. The third-order valence-corrected chi connectivity index (χ3v) is 3.89. The Kier molecular flexibility index (Phi) is 3.74. The second-order valence-corrected chi connectivity index (χ2v) is 5.79. The maximum atomic E-state index is 10.4. The molecular formula is C19H19N3O. The van der Waals surface area contributed by atoms with Gasteiger partial charge in [-0.05, 0) is 49.6 Å². The van der Waals surface area contributed by atoms with E-state index in [9.17, 15) is 5.11 Å². The maximum absolute atomic E-state index is 10.4. The van der Waals surface area contributed by atoms with Crippen molar-refractivity contribution in [3.05, 3.63) is 59.2 Å². The Hall–Kier alpha value is -2.88. The molecule has 1 aromatic heterocycles. The van der Waals surface area contributed by atoms with E-state index in [1.807, 2.05) is 63.2 Å². The molecule has 0 unspecified atom stereocenters. The van der Waals surface area contributed by atoms with Gasteiger partial charge in [0.2, 0.25) is 5.95 Å². The molecule has 0 bridgehead atoms. The van der Waals surface area contributed by atoms with Gasteiger partial charge in [0.25, 0.3) is 0 Å². The largest absolute Gasteiger partial charge is 0.507 e. The topological polar surface area (TPSA) is 72.0 Å². The number of nitrogen functional groups attached to an aromatic ring is 1. The van der Waals surface area contributed by atoms with Gasteiger partial charge in [0, 0.05) is 11.1 Å². The highest BCUT2D eigenvalue weighted by atomic mass is 16.3. The molecule has 4 nitrogen and oxygen atoms in total. The Bertz CT molecular complexity index is 888. The van der Waals surface area contributed by atoms with Gasteiger partial charge in [0.05, 0.1) is 11.4 Å². The van der Waals surface area contributed by atoms with E-state index in [0.717, 1.165) is 27.9 Å². The molecule has 0 aliphatic carbocycles. The van der Waals surface area contributed by atoms with E-state index < -0.39 is 0 Å². The molecule has 1 heterocycles. The third kappa shape index (κ3) is 2.88. The van der Waals surface area contributed by atoms with Crippen LogP contribution in [0.15, 0.2) is 42.5 Å². The van der Waals surface area contributed by atoms with Crippen LogP contribution in [-0.2, 0) is 0 Å². The number of phenols is 1.